The van der Waals surface area contributed by atoms with E-state index in [1.807, 2.05) is 0 Å². The van der Waals surface area contributed by atoms with Gasteiger partial charge in [-0.3, -0.25) is 0 Å². The van der Waals surface area contributed by atoms with Gasteiger partial charge in [0.25, 0.3) is 0 Å². The quantitative estimate of drug-likeness (QED) is 0.621. The van der Waals surface area contributed by atoms with E-state index >= 15 is 0 Å². The Bertz CT molecular complexity index is 335. The molecule has 1 radical (unpaired) electrons. The topological polar surface area (TPSA) is 0 Å². The van der Waals surface area contributed by atoms with E-state index in [4.69, 9.17) is 0 Å². The molecule has 1 aromatic carbocycles. The minimum absolute atomic E-state index is 0.446. The summed E-state index contributed by atoms with van der Waals surface area (Å²) in [6.45, 7) is 2.37. The van der Waals surface area contributed by atoms with E-state index in [0.29, 0.717) is 0 Å². The molecule has 0 amide bonds. The van der Waals surface area contributed by atoms with E-state index in [1.165, 1.54) is 11.6 Å². The van der Waals surface area contributed by atoms with Crippen LogP contribution in [0.4, 0.5) is 0 Å². The molecule has 0 spiro atoms. The molecule has 0 unspecified atom stereocenters. The molecule has 0 atom stereocenters. The van der Waals surface area contributed by atoms with Crippen molar-refractivity contribution < 1.29 is 0 Å². The predicted octanol–water partition coefficient (Wildman–Crippen LogP) is 2.44. The van der Waals surface area contributed by atoms with Crippen molar-refractivity contribution in [3.63, 3.8) is 0 Å². The summed E-state index contributed by atoms with van der Waals surface area (Å²) in [4.78, 5) is 0. The fraction of sp³-hybridized carbons (Fsp3) is 0.167. The zero-order valence-corrected chi connectivity index (χ0v) is 8.83. The van der Waals surface area contributed by atoms with Crippen LogP contribution in [-0.2, 0) is 0 Å². The summed E-state index contributed by atoms with van der Waals surface area (Å²) < 4.78 is 0. The molecule has 0 aromatic heterocycles. The first kappa shape index (κ1) is 8.51. The van der Waals surface area contributed by atoms with Crippen molar-refractivity contribution in [3.05, 3.63) is 53.8 Å². The third-order valence-corrected chi connectivity index (χ3v) is 4.99. The van der Waals surface area contributed by atoms with Gasteiger partial charge in [0.15, 0.2) is 0 Å². The van der Waals surface area contributed by atoms with Crippen molar-refractivity contribution in [3.8, 4) is 0 Å². The molecule has 13 heavy (non-hydrogen) atoms. The van der Waals surface area contributed by atoms with E-state index in [0.717, 1.165) is 0 Å². The standard InChI is InChI=1S/C12H13Si/c1-13(12-9-5-6-10-12)11-7-3-2-4-8-11/h2-9H,10H2,1H3. The third-order valence-electron chi connectivity index (χ3n) is 2.46. The highest BCUT2D eigenvalue weighted by molar-refractivity contribution is 6.78. The lowest BCUT2D eigenvalue weighted by atomic mass is 10.4. The highest BCUT2D eigenvalue weighted by Gasteiger charge is 2.13. The van der Waals surface area contributed by atoms with Gasteiger partial charge in [-0.2, -0.15) is 0 Å². The first-order valence-corrected chi connectivity index (χ1v) is 6.63. The lowest BCUT2D eigenvalue weighted by Gasteiger charge is -2.10. The monoisotopic (exact) mass is 185 g/mol. The fourth-order valence-electron chi connectivity index (χ4n) is 1.60. The first-order valence-electron chi connectivity index (χ1n) is 4.63. The van der Waals surface area contributed by atoms with Gasteiger partial charge in [-0.05, 0) is 6.42 Å². The van der Waals surface area contributed by atoms with Crippen LogP contribution in [-0.4, -0.2) is 8.80 Å². The number of rotatable bonds is 2. The molecule has 0 bridgehead atoms. The Balaban J connectivity index is 2.18. The molecule has 1 aliphatic carbocycles. The summed E-state index contributed by atoms with van der Waals surface area (Å²) in [5.74, 6) is 0. The van der Waals surface area contributed by atoms with Crippen LogP contribution in [0, 0.1) is 0 Å². The maximum Gasteiger partial charge on any atom is 0.113 e. The summed E-state index contributed by atoms with van der Waals surface area (Å²) in [5.41, 5.74) is 0. The molecule has 65 valence electrons. The van der Waals surface area contributed by atoms with Gasteiger partial charge in [0.1, 0.15) is 8.80 Å². The van der Waals surface area contributed by atoms with E-state index in [2.05, 4.69) is 55.1 Å². The van der Waals surface area contributed by atoms with Crippen molar-refractivity contribution in [2.75, 3.05) is 0 Å². The van der Waals surface area contributed by atoms with Crippen LogP contribution in [0.3, 0.4) is 0 Å². The minimum Gasteiger partial charge on any atom is -0.0809 e. The van der Waals surface area contributed by atoms with Crippen LogP contribution in [0.1, 0.15) is 6.42 Å². The van der Waals surface area contributed by atoms with E-state index in [9.17, 15) is 0 Å². The van der Waals surface area contributed by atoms with Gasteiger partial charge in [0, 0.05) is 0 Å². The second kappa shape index (κ2) is 3.75. The van der Waals surface area contributed by atoms with Gasteiger partial charge in [0.05, 0.1) is 0 Å². The zero-order chi connectivity index (χ0) is 9.10. The van der Waals surface area contributed by atoms with Crippen LogP contribution in [0.25, 0.3) is 0 Å². The zero-order valence-electron chi connectivity index (χ0n) is 7.83. The largest absolute Gasteiger partial charge is 0.113 e. The van der Waals surface area contributed by atoms with E-state index < -0.39 is 8.80 Å². The molecule has 1 aliphatic rings. The van der Waals surface area contributed by atoms with Gasteiger partial charge in [0.2, 0.25) is 0 Å². The second-order valence-corrected chi connectivity index (χ2v) is 5.78. The van der Waals surface area contributed by atoms with Crippen molar-refractivity contribution in [2.24, 2.45) is 0 Å². The molecule has 0 nitrogen and oxygen atoms in total. The van der Waals surface area contributed by atoms with Crippen molar-refractivity contribution in [2.45, 2.75) is 13.0 Å². The molecule has 1 aromatic rings. The van der Waals surface area contributed by atoms with Gasteiger partial charge in [-0.25, -0.2) is 0 Å². The van der Waals surface area contributed by atoms with Gasteiger partial charge >= 0.3 is 0 Å². The Morgan fingerprint density at radius 3 is 2.54 bits per heavy atom. The van der Waals surface area contributed by atoms with Crippen LogP contribution in [0.15, 0.2) is 53.8 Å². The Kier molecular flexibility index (Phi) is 2.46. The highest BCUT2D eigenvalue weighted by atomic mass is 28.3. The molecule has 0 fully saturated rings. The average Bonchev–Trinajstić information content (AvgIpc) is 2.71. The summed E-state index contributed by atoms with van der Waals surface area (Å²) in [6.07, 6.45) is 7.86. The molecule has 0 N–H and O–H groups in total. The summed E-state index contributed by atoms with van der Waals surface area (Å²) >= 11 is 0. The lowest BCUT2D eigenvalue weighted by molar-refractivity contribution is 1.38. The van der Waals surface area contributed by atoms with Crippen LogP contribution >= 0.6 is 0 Å². The van der Waals surface area contributed by atoms with E-state index in [1.54, 1.807) is 5.20 Å². The molecule has 0 aliphatic heterocycles. The number of allylic oxidation sites excluding steroid dienone is 4. The predicted molar refractivity (Wildman–Crippen MR) is 59.5 cm³/mol. The number of hydrogen-bond acceptors (Lipinski definition) is 0. The Labute approximate surface area is 81.2 Å². The molecule has 0 heterocycles. The van der Waals surface area contributed by atoms with Crippen LogP contribution in [0.5, 0.6) is 0 Å². The maximum atomic E-state index is 2.37. The summed E-state index contributed by atoms with van der Waals surface area (Å²) in [5, 5.41) is 3.14. The van der Waals surface area contributed by atoms with Crippen molar-refractivity contribution in [1.29, 1.82) is 0 Å². The maximum absolute atomic E-state index is 2.37. The average molecular weight is 185 g/mol. The molecule has 1 heteroatoms. The third kappa shape index (κ3) is 1.81. The Morgan fingerprint density at radius 1 is 1.15 bits per heavy atom. The van der Waals surface area contributed by atoms with Crippen LogP contribution < -0.4 is 5.19 Å². The SMILES string of the molecule is C[Si](C1=CC=CC1)c1ccccc1. The van der Waals surface area contributed by atoms with Crippen LogP contribution in [0.2, 0.25) is 6.55 Å². The van der Waals surface area contributed by atoms with Crippen molar-refractivity contribution in [1.82, 2.24) is 0 Å². The Hall–Kier alpha value is -1.08. The molecule has 0 saturated carbocycles. The highest BCUT2D eigenvalue weighted by Crippen LogP contribution is 2.13. The summed E-state index contributed by atoms with van der Waals surface area (Å²) in [6, 6.07) is 10.8. The number of benzene rings is 1. The second-order valence-electron chi connectivity index (χ2n) is 3.32. The number of hydrogen-bond donors (Lipinski definition) is 0. The summed E-state index contributed by atoms with van der Waals surface area (Å²) in [7, 11) is -0.446. The molecular formula is C12H13Si. The molecule has 0 saturated heterocycles. The van der Waals surface area contributed by atoms with E-state index in [-0.39, 0.29) is 0 Å². The Morgan fingerprint density at radius 2 is 1.92 bits per heavy atom. The minimum atomic E-state index is -0.446. The molecular weight excluding hydrogens is 172 g/mol. The van der Waals surface area contributed by atoms with Gasteiger partial charge < -0.3 is 0 Å². The first-order chi connectivity index (χ1) is 6.38. The smallest absolute Gasteiger partial charge is 0.0809 e. The van der Waals surface area contributed by atoms with Crippen molar-refractivity contribution >= 4 is 14.0 Å². The fourth-order valence-corrected chi connectivity index (χ4v) is 3.43. The van der Waals surface area contributed by atoms with Gasteiger partial charge in [-0.15, -0.1) is 0 Å². The lowest BCUT2D eigenvalue weighted by Crippen LogP contribution is -2.28. The van der Waals surface area contributed by atoms with Gasteiger partial charge in [-0.1, -0.05) is 65.5 Å². The molecule has 2 rings (SSSR count). The normalized spacial score (nSPS) is 15.1.